The molecule has 2 rings (SSSR count). The summed E-state index contributed by atoms with van der Waals surface area (Å²) < 4.78 is 11.9. The zero-order valence-electron chi connectivity index (χ0n) is 15.4. The molecular weight excluding hydrogens is 318 g/mol. The van der Waals surface area contributed by atoms with Crippen LogP contribution in [0.25, 0.3) is 0 Å². The summed E-state index contributed by atoms with van der Waals surface area (Å²) in [6, 6.07) is 10.8. The van der Waals surface area contributed by atoms with E-state index in [0.29, 0.717) is 12.3 Å². The first-order valence-electron chi connectivity index (χ1n) is 8.76. The smallest absolute Gasteiger partial charge is 0.191 e. The Labute approximate surface area is 149 Å². The number of aliphatic imine (C=N–C) groups is 1. The number of hydrogen-bond acceptors (Lipinski definition) is 2. The van der Waals surface area contributed by atoms with E-state index in [1.165, 1.54) is 24.8 Å². The second kappa shape index (κ2) is 8.15. The number of nitrogens with one attached hydrogen (secondary N) is 2. The molecule has 0 spiro atoms. The first kappa shape index (κ1) is 19.0. The molecule has 24 heavy (non-hydrogen) atoms. The largest absolute Gasteiger partial charge is 0.356 e. The van der Waals surface area contributed by atoms with Crippen LogP contribution in [0.2, 0.25) is 0 Å². The van der Waals surface area contributed by atoms with Crippen molar-refractivity contribution in [2.45, 2.75) is 50.2 Å². The van der Waals surface area contributed by atoms with Crippen LogP contribution in [-0.4, -0.2) is 40.8 Å². The Hall–Kier alpha value is -1.36. The zero-order valence-corrected chi connectivity index (χ0v) is 16.2. The van der Waals surface area contributed by atoms with Crippen molar-refractivity contribution in [2.24, 2.45) is 4.99 Å². The van der Waals surface area contributed by atoms with Gasteiger partial charge < -0.3 is 10.6 Å². The third-order valence-corrected chi connectivity index (χ3v) is 6.72. The van der Waals surface area contributed by atoms with E-state index >= 15 is 0 Å². The van der Waals surface area contributed by atoms with Gasteiger partial charge in [0.2, 0.25) is 0 Å². The fourth-order valence-electron chi connectivity index (χ4n) is 3.00. The van der Waals surface area contributed by atoms with Crippen LogP contribution in [0.1, 0.15) is 45.6 Å². The van der Waals surface area contributed by atoms with Crippen molar-refractivity contribution in [2.75, 3.05) is 25.9 Å². The molecule has 1 aliphatic rings. The monoisotopic (exact) mass is 349 g/mol. The van der Waals surface area contributed by atoms with Gasteiger partial charge in [-0.25, -0.2) is 0 Å². The van der Waals surface area contributed by atoms with Gasteiger partial charge in [-0.2, -0.15) is 0 Å². The summed E-state index contributed by atoms with van der Waals surface area (Å²) in [5, 5.41) is 6.75. The SMILES string of the molecule is CN=C(NCCS(=O)C(C)(C)C)NCC1(c2ccccc2)CCC1. The Morgan fingerprint density at radius 1 is 1.21 bits per heavy atom. The van der Waals surface area contributed by atoms with Crippen LogP contribution in [0, 0.1) is 0 Å². The van der Waals surface area contributed by atoms with Gasteiger partial charge in [0.25, 0.3) is 0 Å². The molecule has 0 heterocycles. The van der Waals surface area contributed by atoms with E-state index < -0.39 is 10.8 Å². The van der Waals surface area contributed by atoms with E-state index in [9.17, 15) is 4.21 Å². The summed E-state index contributed by atoms with van der Waals surface area (Å²) >= 11 is 0. The van der Waals surface area contributed by atoms with E-state index in [2.05, 4.69) is 46.0 Å². The Kier molecular flexibility index (Phi) is 6.44. The summed E-state index contributed by atoms with van der Waals surface area (Å²) in [6.07, 6.45) is 3.72. The lowest BCUT2D eigenvalue weighted by atomic mass is 9.64. The average molecular weight is 350 g/mol. The highest BCUT2D eigenvalue weighted by atomic mass is 32.2. The lowest BCUT2D eigenvalue weighted by molar-refractivity contribution is 0.244. The molecule has 1 saturated carbocycles. The van der Waals surface area contributed by atoms with Crippen LogP contribution in [-0.2, 0) is 16.2 Å². The minimum absolute atomic E-state index is 0.165. The molecule has 0 radical (unpaired) electrons. The minimum atomic E-state index is -0.842. The lowest BCUT2D eigenvalue weighted by Crippen LogP contribution is -2.49. The molecule has 0 saturated heterocycles. The maximum atomic E-state index is 12.1. The van der Waals surface area contributed by atoms with E-state index in [1.54, 1.807) is 7.05 Å². The summed E-state index contributed by atoms with van der Waals surface area (Å²) in [7, 11) is 0.942. The van der Waals surface area contributed by atoms with Crippen LogP contribution >= 0.6 is 0 Å². The third kappa shape index (κ3) is 4.82. The van der Waals surface area contributed by atoms with Crippen molar-refractivity contribution >= 4 is 16.8 Å². The van der Waals surface area contributed by atoms with E-state index in [4.69, 9.17) is 0 Å². The molecular formula is C19H31N3OS. The first-order valence-corrected chi connectivity index (χ1v) is 10.1. The highest BCUT2D eigenvalue weighted by Gasteiger charge is 2.38. The molecule has 1 aromatic rings. The fourth-order valence-corrected chi connectivity index (χ4v) is 3.90. The highest BCUT2D eigenvalue weighted by Crippen LogP contribution is 2.43. The van der Waals surface area contributed by atoms with Gasteiger partial charge >= 0.3 is 0 Å². The van der Waals surface area contributed by atoms with Crippen LogP contribution in [0.15, 0.2) is 35.3 Å². The summed E-state index contributed by atoms with van der Waals surface area (Å²) in [5.74, 6) is 1.43. The summed E-state index contributed by atoms with van der Waals surface area (Å²) in [4.78, 5) is 4.30. The Bertz CT molecular complexity index is 574. The number of hydrogen-bond donors (Lipinski definition) is 2. The maximum absolute atomic E-state index is 12.1. The third-order valence-electron chi connectivity index (χ3n) is 4.78. The van der Waals surface area contributed by atoms with Gasteiger partial charge in [0, 0.05) is 46.9 Å². The Balaban J connectivity index is 1.84. The molecule has 0 aliphatic heterocycles. The molecule has 1 fully saturated rings. The van der Waals surface area contributed by atoms with E-state index in [-0.39, 0.29) is 10.2 Å². The molecule has 0 bridgehead atoms. The quantitative estimate of drug-likeness (QED) is 0.613. The second-order valence-electron chi connectivity index (χ2n) is 7.51. The van der Waals surface area contributed by atoms with Gasteiger partial charge in [-0.1, -0.05) is 36.8 Å². The van der Waals surface area contributed by atoms with Gasteiger partial charge in [-0.3, -0.25) is 9.20 Å². The molecule has 1 atom stereocenters. The van der Waals surface area contributed by atoms with Crippen molar-refractivity contribution < 1.29 is 4.21 Å². The molecule has 2 N–H and O–H groups in total. The highest BCUT2D eigenvalue weighted by molar-refractivity contribution is 7.86. The molecule has 0 amide bonds. The predicted octanol–water partition coefficient (Wildman–Crippen LogP) is 2.82. The van der Waals surface area contributed by atoms with E-state index in [0.717, 1.165) is 12.5 Å². The summed E-state index contributed by atoms with van der Waals surface area (Å²) in [5.41, 5.74) is 1.64. The fraction of sp³-hybridized carbons (Fsp3) is 0.632. The van der Waals surface area contributed by atoms with Crippen molar-refractivity contribution in [1.82, 2.24) is 10.6 Å². The molecule has 134 valence electrons. The summed E-state index contributed by atoms with van der Waals surface area (Å²) in [6.45, 7) is 7.59. The minimum Gasteiger partial charge on any atom is -0.356 e. The van der Waals surface area contributed by atoms with Crippen molar-refractivity contribution in [3.63, 3.8) is 0 Å². The standard InChI is InChI=1S/C19H31N3OS/c1-18(2,3)24(23)14-13-21-17(20-4)22-15-19(11-8-12-19)16-9-6-5-7-10-16/h5-7,9-10H,8,11-15H2,1-4H3,(H2,20,21,22). The van der Waals surface area contributed by atoms with Gasteiger partial charge in [-0.05, 0) is 39.2 Å². The van der Waals surface area contributed by atoms with Crippen molar-refractivity contribution in [3.8, 4) is 0 Å². The number of rotatable bonds is 6. The van der Waals surface area contributed by atoms with Crippen molar-refractivity contribution in [1.29, 1.82) is 0 Å². The van der Waals surface area contributed by atoms with Crippen LogP contribution < -0.4 is 10.6 Å². The average Bonchev–Trinajstić information content (AvgIpc) is 2.52. The van der Waals surface area contributed by atoms with Gasteiger partial charge in [-0.15, -0.1) is 0 Å². The normalized spacial score (nSPS) is 18.6. The van der Waals surface area contributed by atoms with Crippen LogP contribution in [0.3, 0.4) is 0 Å². The Morgan fingerprint density at radius 3 is 2.38 bits per heavy atom. The predicted molar refractivity (Wildman–Crippen MR) is 104 cm³/mol. The van der Waals surface area contributed by atoms with Gasteiger partial charge in [0.05, 0.1) is 0 Å². The van der Waals surface area contributed by atoms with E-state index in [1.807, 2.05) is 20.8 Å². The molecule has 1 unspecified atom stereocenters. The first-order chi connectivity index (χ1) is 11.4. The molecule has 1 aromatic carbocycles. The topological polar surface area (TPSA) is 53.5 Å². The maximum Gasteiger partial charge on any atom is 0.191 e. The second-order valence-corrected chi connectivity index (χ2v) is 9.84. The molecule has 1 aliphatic carbocycles. The molecule has 0 aromatic heterocycles. The lowest BCUT2D eigenvalue weighted by Gasteiger charge is -2.43. The number of benzene rings is 1. The van der Waals surface area contributed by atoms with Crippen molar-refractivity contribution in [3.05, 3.63) is 35.9 Å². The molecule has 4 nitrogen and oxygen atoms in total. The van der Waals surface area contributed by atoms with Crippen LogP contribution in [0.4, 0.5) is 0 Å². The number of nitrogens with zero attached hydrogens (tertiary/aromatic N) is 1. The van der Waals surface area contributed by atoms with Gasteiger partial charge in [0.15, 0.2) is 5.96 Å². The number of guanidine groups is 1. The molecule has 5 heteroatoms. The zero-order chi connectivity index (χ0) is 17.6. The Morgan fingerprint density at radius 2 is 1.88 bits per heavy atom. The van der Waals surface area contributed by atoms with Crippen LogP contribution in [0.5, 0.6) is 0 Å². The van der Waals surface area contributed by atoms with Gasteiger partial charge in [0.1, 0.15) is 0 Å².